The molecule has 0 radical (unpaired) electrons. The average Bonchev–Trinajstić information content (AvgIpc) is 2.93. The number of carbonyl (C=O) groups is 1. The van der Waals surface area contributed by atoms with Crippen molar-refractivity contribution in [2.45, 2.75) is 6.92 Å². The normalized spacial score (nSPS) is 11.7. The zero-order valence-corrected chi connectivity index (χ0v) is 13.8. The largest absolute Gasteiger partial charge is 0.504 e. The fraction of sp³-hybridized carbons (Fsp3) is 0.105. The van der Waals surface area contributed by atoms with Gasteiger partial charge in [-0.2, -0.15) is 10.4 Å². The number of fused-ring (bicyclic) bond motifs is 1. The van der Waals surface area contributed by atoms with E-state index in [4.69, 9.17) is 0 Å². The minimum Gasteiger partial charge on any atom is -0.504 e. The van der Waals surface area contributed by atoms with E-state index in [1.807, 2.05) is 25.1 Å². The van der Waals surface area contributed by atoms with Gasteiger partial charge in [0.1, 0.15) is 11.8 Å². The van der Waals surface area contributed by atoms with E-state index in [1.165, 1.54) is 0 Å². The van der Waals surface area contributed by atoms with Crippen LogP contribution in [0.2, 0.25) is 0 Å². The van der Waals surface area contributed by atoms with Crippen LogP contribution in [0.1, 0.15) is 11.3 Å². The summed E-state index contributed by atoms with van der Waals surface area (Å²) >= 11 is 0. The number of rotatable bonds is 3. The monoisotopic (exact) mass is 332 g/mol. The lowest BCUT2D eigenvalue weighted by atomic mass is 10.1. The zero-order valence-electron chi connectivity index (χ0n) is 13.8. The minimum absolute atomic E-state index is 0.203. The number of nitriles is 1. The van der Waals surface area contributed by atoms with Crippen molar-refractivity contribution in [3.63, 3.8) is 0 Å². The van der Waals surface area contributed by atoms with Crippen LogP contribution in [0.3, 0.4) is 0 Å². The first kappa shape index (κ1) is 16.3. The Balaban J connectivity index is 2.03. The third-order valence-electron chi connectivity index (χ3n) is 3.83. The third kappa shape index (κ3) is 3.08. The summed E-state index contributed by atoms with van der Waals surface area (Å²) < 4.78 is 1.59. The summed E-state index contributed by atoms with van der Waals surface area (Å²) in [5.74, 6) is -1.12. The second-order valence-electron chi connectivity index (χ2n) is 5.65. The van der Waals surface area contributed by atoms with Crippen molar-refractivity contribution in [2.75, 3.05) is 5.32 Å². The van der Waals surface area contributed by atoms with Gasteiger partial charge in [-0.25, -0.2) is 0 Å². The van der Waals surface area contributed by atoms with Crippen molar-refractivity contribution in [2.24, 2.45) is 7.05 Å². The molecule has 3 aromatic rings. The van der Waals surface area contributed by atoms with Crippen molar-refractivity contribution < 1.29 is 9.90 Å². The van der Waals surface area contributed by atoms with Crippen LogP contribution in [0.15, 0.2) is 54.1 Å². The summed E-state index contributed by atoms with van der Waals surface area (Å²) in [6.07, 6.45) is 0. The van der Waals surface area contributed by atoms with Gasteiger partial charge in [0, 0.05) is 18.1 Å². The topological polar surface area (TPSA) is 90.9 Å². The lowest BCUT2D eigenvalue weighted by Gasteiger charge is -2.06. The predicted octanol–water partition coefficient (Wildman–Crippen LogP) is 3.31. The summed E-state index contributed by atoms with van der Waals surface area (Å²) in [6.45, 7) is 1.90. The molecule has 1 heterocycles. The molecule has 6 heteroatoms. The number of aryl methyl sites for hydroxylation is 2. The number of carbonyl (C=O) groups excluding carboxylic acids is 1. The van der Waals surface area contributed by atoms with E-state index in [0.29, 0.717) is 11.1 Å². The van der Waals surface area contributed by atoms with E-state index in [2.05, 4.69) is 10.4 Å². The van der Waals surface area contributed by atoms with Crippen molar-refractivity contribution >= 4 is 28.3 Å². The Kier molecular flexibility index (Phi) is 4.23. The number of aliphatic hydroxyl groups excluding tert-OH is 1. The molecule has 25 heavy (non-hydrogen) atoms. The van der Waals surface area contributed by atoms with Crippen molar-refractivity contribution in [1.82, 2.24) is 9.78 Å². The lowest BCUT2D eigenvalue weighted by Crippen LogP contribution is -2.15. The highest BCUT2D eigenvalue weighted by molar-refractivity contribution is 6.12. The van der Waals surface area contributed by atoms with Gasteiger partial charge in [0.2, 0.25) is 0 Å². The number of nitrogens with one attached hydrogen (secondary N) is 1. The van der Waals surface area contributed by atoms with E-state index in [1.54, 1.807) is 48.1 Å². The number of aromatic nitrogens is 2. The highest BCUT2D eigenvalue weighted by atomic mass is 16.3. The van der Waals surface area contributed by atoms with E-state index in [0.717, 1.165) is 11.1 Å². The number of anilines is 1. The second-order valence-corrected chi connectivity index (χ2v) is 5.65. The molecule has 0 aliphatic heterocycles. The van der Waals surface area contributed by atoms with Crippen LogP contribution in [-0.4, -0.2) is 20.8 Å². The first-order valence-electron chi connectivity index (χ1n) is 7.64. The van der Waals surface area contributed by atoms with Gasteiger partial charge in [-0.05, 0) is 30.7 Å². The zero-order chi connectivity index (χ0) is 18.0. The Morgan fingerprint density at radius 3 is 2.72 bits per heavy atom. The Morgan fingerprint density at radius 2 is 2.00 bits per heavy atom. The van der Waals surface area contributed by atoms with E-state index >= 15 is 0 Å². The number of hydrogen-bond acceptors (Lipinski definition) is 4. The highest BCUT2D eigenvalue weighted by Gasteiger charge is 2.21. The SMILES string of the molecule is Cc1cccc(NC(=O)C(C#N)=C(O)c2nn(C)c3ccccc23)c1. The van der Waals surface area contributed by atoms with Crippen LogP contribution >= 0.6 is 0 Å². The van der Waals surface area contributed by atoms with Gasteiger partial charge in [-0.3, -0.25) is 9.48 Å². The summed E-state index contributed by atoms with van der Waals surface area (Å²) in [5, 5.41) is 27.4. The molecule has 0 fully saturated rings. The molecule has 124 valence electrons. The van der Waals surface area contributed by atoms with Gasteiger partial charge >= 0.3 is 0 Å². The van der Waals surface area contributed by atoms with Crippen LogP contribution in [0, 0.1) is 18.3 Å². The Bertz CT molecular complexity index is 1040. The van der Waals surface area contributed by atoms with Gasteiger partial charge in [-0.15, -0.1) is 0 Å². The van der Waals surface area contributed by atoms with E-state index < -0.39 is 11.7 Å². The van der Waals surface area contributed by atoms with Crippen LogP contribution in [0.5, 0.6) is 0 Å². The summed E-state index contributed by atoms with van der Waals surface area (Å²) in [6, 6.07) is 16.2. The molecule has 0 aliphatic carbocycles. The van der Waals surface area contributed by atoms with Crippen LogP contribution in [0.4, 0.5) is 5.69 Å². The first-order valence-corrected chi connectivity index (χ1v) is 7.64. The van der Waals surface area contributed by atoms with Gasteiger partial charge in [-0.1, -0.05) is 30.3 Å². The Morgan fingerprint density at radius 1 is 1.24 bits per heavy atom. The van der Waals surface area contributed by atoms with Crippen molar-refractivity contribution in [3.05, 3.63) is 65.4 Å². The molecule has 1 amide bonds. The molecular formula is C19H16N4O2. The van der Waals surface area contributed by atoms with Gasteiger partial charge in [0.05, 0.1) is 5.52 Å². The molecule has 0 atom stereocenters. The molecule has 0 saturated heterocycles. The van der Waals surface area contributed by atoms with Gasteiger partial charge < -0.3 is 10.4 Å². The maximum absolute atomic E-state index is 12.4. The molecule has 3 rings (SSSR count). The second kappa shape index (κ2) is 6.49. The molecule has 0 spiro atoms. The molecular weight excluding hydrogens is 316 g/mol. The highest BCUT2D eigenvalue weighted by Crippen LogP contribution is 2.25. The predicted molar refractivity (Wildman–Crippen MR) is 95.7 cm³/mol. The van der Waals surface area contributed by atoms with Gasteiger partial charge in [0.25, 0.3) is 5.91 Å². The number of aliphatic hydroxyl groups is 1. The number of nitrogens with zero attached hydrogens (tertiary/aromatic N) is 3. The molecule has 0 unspecified atom stereocenters. The van der Waals surface area contributed by atoms with Gasteiger partial charge in [0.15, 0.2) is 11.3 Å². The maximum Gasteiger partial charge on any atom is 0.270 e. The number of amides is 1. The summed E-state index contributed by atoms with van der Waals surface area (Å²) in [5.41, 5.74) is 2.14. The molecule has 0 saturated carbocycles. The smallest absolute Gasteiger partial charge is 0.270 e. The molecule has 0 bridgehead atoms. The van der Waals surface area contributed by atoms with E-state index in [-0.39, 0.29) is 11.3 Å². The standard InChI is InChI=1S/C19H16N4O2/c1-12-6-5-7-13(10-12)21-19(25)15(11-20)18(24)17-14-8-3-4-9-16(14)23(2)22-17/h3-10,24H,1-2H3,(H,21,25). The lowest BCUT2D eigenvalue weighted by molar-refractivity contribution is -0.112. The fourth-order valence-electron chi connectivity index (χ4n) is 2.63. The fourth-order valence-corrected chi connectivity index (χ4v) is 2.63. The van der Waals surface area contributed by atoms with Crippen LogP contribution in [0.25, 0.3) is 16.7 Å². The molecule has 2 aromatic carbocycles. The van der Waals surface area contributed by atoms with Crippen molar-refractivity contribution in [3.8, 4) is 6.07 Å². The molecule has 0 aliphatic rings. The third-order valence-corrected chi connectivity index (χ3v) is 3.83. The number of benzene rings is 2. The van der Waals surface area contributed by atoms with E-state index in [9.17, 15) is 15.2 Å². The summed E-state index contributed by atoms with van der Waals surface area (Å²) in [4.78, 5) is 12.4. The number of hydrogen-bond donors (Lipinski definition) is 2. The first-order chi connectivity index (χ1) is 12.0. The quantitative estimate of drug-likeness (QED) is 0.437. The Hall–Kier alpha value is -3.59. The summed E-state index contributed by atoms with van der Waals surface area (Å²) in [7, 11) is 1.73. The molecule has 6 nitrogen and oxygen atoms in total. The van der Waals surface area contributed by atoms with Crippen LogP contribution in [-0.2, 0) is 11.8 Å². The minimum atomic E-state index is -0.680. The maximum atomic E-state index is 12.4. The Labute approximate surface area is 144 Å². The van der Waals surface area contributed by atoms with Crippen molar-refractivity contribution in [1.29, 1.82) is 5.26 Å². The van der Waals surface area contributed by atoms with Crippen LogP contribution < -0.4 is 5.32 Å². The average molecular weight is 332 g/mol. The number of para-hydroxylation sites is 1. The molecule has 2 N–H and O–H groups in total. The molecule has 1 aromatic heterocycles.